The van der Waals surface area contributed by atoms with Crippen LogP contribution in [0.3, 0.4) is 0 Å². The van der Waals surface area contributed by atoms with Crippen LogP contribution in [-0.2, 0) is 0 Å². The van der Waals surface area contributed by atoms with Gasteiger partial charge in [-0.05, 0) is 101 Å². The van der Waals surface area contributed by atoms with Crippen molar-refractivity contribution < 1.29 is 9.53 Å². The lowest BCUT2D eigenvalue weighted by Crippen LogP contribution is -2.52. The fourth-order valence-electron chi connectivity index (χ4n) is 4.92. The highest BCUT2D eigenvalue weighted by molar-refractivity contribution is 5.97. The lowest BCUT2D eigenvalue weighted by molar-refractivity contribution is 0.0569. The zero-order valence-corrected chi connectivity index (χ0v) is 21.9. The largest absolute Gasteiger partial charge is 0.493 e. The molecular weight excluding hydrogens is 436 g/mol. The van der Waals surface area contributed by atoms with Crippen molar-refractivity contribution in [3.8, 4) is 5.75 Å². The first-order valence-electron chi connectivity index (χ1n) is 12.8. The number of hydrogen-bond donors (Lipinski definition) is 2. The van der Waals surface area contributed by atoms with E-state index in [-0.39, 0.29) is 5.91 Å². The SMILES string of the molecule is Cc1c(OCCCCN(C)C)ccc(C(C)N2CC(CNC(=O)c3ccc4cc[nH]c4c3)C2)c1C. The van der Waals surface area contributed by atoms with Crippen LogP contribution < -0.4 is 10.1 Å². The highest BCUT2D eigenvalue weighted by Gasteiger charge is 2.32. The molecule has 0 spiro atoms. The van der Waals surface area contributed by atoms with Crippen molar-refractivity contribution in [2.75, 3.05) is 46.9 Å². The molecule has 1 aliphatic rings. The Hall–Kier alpha value is -2.83. The molecule has 2 aromatic carbocycles. The molecule has 1 saturated heterocycles. The van der Waals surface area contributed by atoms with E-state index < -0.39 is 0 Å². The summed E-state index contributed by atoms with van der Waals surface area (Å²) in [6.07, 6.45) is 4.12. The van der Waals surface area contributed by atoms with Gasteiger partial charge in [0.15, 0.2) is 0 Å². The Morgan fingerprint density at radius 3 is 2.71 bits per heavy atom. The molecule has 0 aliphatic carbocycles. The number of carbonyl (C=O) groups excluding carboxylic acids is 1. The molecule has 0 radical (unpaired) electrons. The van der Waals surface area contributed by atoms with E-state index >= 15 is 0 Å². The van der Waals surface area contributed by atoms with E-state index in [0.717, 1.165) is 55.7 Å². The second-order valence-corrected chi connectivity index (χ2v) is 10.2. The molecule has 35 heavy (non-hydrogen) atoms. The number of ether oxygens (including phenoxy) is 1. The number of unbranched alkanes of at least 4 members (excludes halogenated alkanes) is 1. The van der Waals surface area contributed by atoms with Crippen LogP contribution in [0.4, 0.5) is 0 Å². The number of H-pyrrole nitrogens is 1. The van der Waals surface area contributed by atoms with Crippen molar-refractivity contribution in [2.24, 2.45) is 5.92 Å². The number of likely N-dealkylation sites (tertiary alicyclic amines) is 1. The Kier molecular flexibility index (Phi) is 8.14. The first kappa shape index (κ1) is 25.3. The summed E-state index contributed by atoms with van der Waals surface area (Å²) in [7, 11) is 4.21. The lowest BCUT2D eigenvalue weighted by atomic mass is 9.91. The van der Waals surface area contributed by atoms with Crippen LogP contribution in [0.1, 0.15) is 52.9 Å². The van der Waals surface area contributed by atoms with E-state index in [1.54, 1.807) is 0 Å². The summed E-state index contributed by atoms with van der Waals surface area (Å²) < 4.78 is 6.09. The van der Waals surface area contributed by atoms with Crippen LogP contribution in [0.15, 0.2) is 42.6 Å². The number of benzene rings is 2. The standard InChI is InChI=1S/C29H40N4O2/c1-20-21(2)28(35-15-7-6-14-32(4)5)11-10-26(20)22(3)33-18-23(19-33)17-31-29(34)25-9-8-24-12-13-30-27(24)16-25/h8-13,16,22-23,30H,6-7,14-15,17-19H2,1-5H3,(H,31,34). The Labute approximate surface area is 209 Å². The summed E-state index contributed by atoms with van der Waals surface area (Å²) in [6, 6.07) is 12.5. The van der Waals surface area contributed by atoms with Gasteiger partial charge in [-0.1, -0.05) is 12.1 Å². The molecule has 4 rings (SSSR count). The van der Waals surface area contributed by atoms with Crippen LogP contribution in [0.2, 0.25) is 0 Å². The average Bonchev–Trinajstić information content (AvgIpc) is 3.28. The molecule has 2 heterocycles. The molecule has 0 bridgehead atoms. The third-order valence-corrected chi connectivity index (χ3v) is 7.39. The number of aromatic amines is 1. The van der Waals surface area contributed by atoms with Gasteiger partial charge in [-0.2, -0.15) is 0 Å². The first-order chi connectivity index (χ1) is 16.8. The summed E-state index contributed by atoms with van der Waals surface area (Å²) in [6.45, 7) is 11.2. The molecule has 2 N–H and O–H groups in total. The van der Waals surface area contributed by atoms with E-state index in [0.29, 0.717) is 24.1 Å². The molecule has 3 aromatic rings. The Morgan fingerprint density at radius 1 is 1.14 bits per heavy atom. The maximum absolute atomic E-state index is 12.6. The van der Waals surface area contributed by atoms with Gasteiger partial charge < -0.3 is 19.9 Å². The molecule has 1 fully saturated rings. The number of fused-ring (bicyclic) bond motifs is 1. The van der Waals surface area contributed by atoms with Gasteiger partial charge in [-0.25, -0.2) is 0 Å². The van der Waals surface area contributed by atoms with Crippen molar-refractivity contribution in [2.45, 2.75) is 39.7 Å². The minimum Gasteiger partial charge on any atom is -0.493 e. The number of amides is 1. The minimum absolute atomic E-state index is 0.00299. The topological polar surface area (TPSA) is 60.6 Å². The number of hydrogen-bond acceptors (Lipinski definition) is 4. The van der Waals surface area contributed by atoms with Crippen molar-refractivity contribution in [3.05, 3.63) is 64.8 Å². The third-order valence-electron chi connectivity index (χ3n) is 7.39. The van der Waals surface area contributed by atoms with Gasteiger partial charge in [0, 0.05) is 48.9 Å². The molecule has 1 unspecified atom stereocenters. The number of nitrogens with one attached hydrogen (secondary N) is 2. The first-order valence-corrected chi connectivity index (χ1v) is 12.8. The quantitative estimate of drug-likeness (QED) is 0.385. The number of rotatable bonds is 11. The van der Waals surface area contributed by atoms with Gasteiger partial charge in [-0.15, -0.1) is 0 Å². The van der Waals surface area contributed by atoms with Crippen molar-refractivity contribution >= 4 is 16.8 Å². The molecular formula is C29H40N4O2. The van der Waals surface area contributed by atoms with E-state index in [9.17, 15) is 4.79 Å². The second-order valence-electron chi connectivity index (χ2n) is 10.2. The fraction of sp³-hybridized carbons (Fsp3) is 0.483. The van der Waals surface area contributed by atoms with Crippen LogP contribution in [0.5, 0.6) is 5.75 Å². The Morgan fingerprint density at radius 2 is 1.94 bits per heavy atom. The smallest absolute Gasteiger partial charge is 0.251 e. The molecule has 188 valence electrons. The molecule has 6 heteroatoms. The van der Waals surface area contributed by atoms with Gasteiger partial charge in [0.1, 0.15) is 5.75 Å². The van der Waals surface area contributed by atoms with E-state index in [2.05, 4.69) is 67.1 Å². The highest BCUT2D eigenvalue weighted by Crippen LogP contribution is 2.34. The van der Waals surface area contributed by atoms with E-state index in [4.69, 9.17) is 4.74 Å². The lowest BCUT2D eigenvalue weighted by Gasteiger charge is -2.44. The molecule has 1 aliphatic heterocycles. The predicted octanol–water partition coefficient (Wildman–Crippen LogP) is 4.93. The monoisotopic (exact) mass is 476 g/mol. The van der Waals surface area contributed by atoms with Gasteiger partial charge in [0.2, 0.25) is 0 Å². The summed E-state index contributed by atoms with van der Waals surface area (Å²) >= 11 is 0. The molecule has 1 aromatic heterocycles. The number of carbonyl (C=O) groups is 1. The Balaban J connectivity index is 1.24. The third kappa shape index (κ3) is 6.06. The van der Waals surface area contributed by atoms with Gasteiger partial charge in [0.25, 0.3) is 5.91 Å². The highest BCUT2D eigenvalue weighted by atomic mass is 16.5. The van der Waals surface area contributed by atoms with E-state index in [1.165, 1.54) is 16.7 Å². The summed E-state index contributed by atoms with van der Waals surface area (Å²) in [4.78, 5) is 20.5. The predicted molar refractivity (Wildman–Crippen MR) is 143 cm³/mol. The minimum atomic E-state index is -0.00299. The van der Waals surface area contributed by atoms with Crippen LogP contribution in [0.25, 0.3) is 10.9 Å². The maximum Gasteiger partial charge on any atom is 0.251 e. The summed E-state index contributed by atoms with van der Waals surface area (Å²) in [5.74, 6) is 1.49. The number of aromatic nitrogens is 1. The van der Waals surface area contributed by atoms with Gasteiger partial charge in [-0.3, -0.25) is 9.69 Å². The average molecular weight is 477 g/mol. The van der Waals surface area contributed by atoms with Crippen molar-refractivity contribution in [1.29, 1.82) is 0 Å². The fourth-order valence-corrected chi connectivity index (χ4v) is 4.92. The van der Waals surface area contributed by atoms with Crippen LogP contribution >= 0.6 is 0 Å². The van der Waals surface area contributed by atoms with Crippen molar-refractivity contribution in [1.82, 2.24) is 20.1 Å². The second kappa shape index (κ2) is 11.3. The molecule has 1 atom stereocenters. The Bertz CT molecular complexity index is 1150. The van der Waals surface area contributed by atoms with Gasteiger partial charge >= 0.3 is 0 Å². The molecule has 1 amide bonds. The normalized spacial score (nSPS) is 15.4. The van der Waals surface area contributed by atoms with Gasteiger partial charge in [0.05, 0.1) is 6.61 Å². The zero-order valence-electron chi connectivity index (χ0n) is 21.9. The van der Waals surface area contributed by atoms with Crippen molar-refractivity contribution in [3.63, 3.8) is 0 Å². The van der Waals surface area contributed by atoms with Crippen LogP contribution in [-0.4, -0.2) is 67.6 Å². The maximum atomic E-state index is 12.6. The molecule has 0 saturated carbocycles. The summed E-state index contributed by atoms with van der Waals surface area (Å²) in [5.41, 5.74) is 5.62. The molecule has 6 nitrogen and oxygen atoms in total. The number of nitrogens with zero attached hydrogens (tertiary/aromatic N) is 2. The zero-order chi connectivity index (χ0) is 24.9. The van der Waals surface area contributed by atoms with E-state index in [1.807, 2.05) is 30.5 Å². The summed E-state index contributed by atoms with van der Waals surface area (Å²) in [5, 5.41) is 4.24. The van der Waals surface area contributed by atoms with Crippen LogP contribution in [0, 0.1) is 19.8 Å².